The number of aryl methyl sites for hydroxylation is 1. The van der Waals surface area contributed by atoms with Crippen molar-refractivity contribution >= 4 is 34.8 Å². The predicted octanol–water partition coefficient (Wildman–Crippen LogP) is 2.81. The van der Waals surface area contributed by atoms with E-state index in [0.717, 1.165) is 24.9 Å². The molecular formula is C18H20Cl2N4O2. The first-order valence-corrected chi connectivity index (χ1v) is 9.19. The van der Waals surface area contributed by atoms with E-state index in [-0.39, 0.29) is 16.8 Å². The van der Waals surface area contributed by atoms with E-state index in [2.05, 4.69) is 10.4 Å². The number of anilines is 1. The van der Waals surface area contributed by atoms with Gasteiger partial charge in [-0.3, -0.25) is 9.59 Å². The van der Waals surface area contributed by atoms with Gasteiger partial charge in [-0.15, -0.1) is 0 Å². The van der Waals surface area contributed by atoms with Crippen LogP contribution in [0, 0.1) is 12.8 Å². The summed E-state index contributed by atoms with van der Waals surface area (Å²) in [5.74, 6) is -0.121. The van der Waals surface area contributed by atoms with Crippen LogP contribution in [0.2, 0.25) is 10.0 Å². The van der Waals surface area contributed by atoms with Gasteiger partial charge in [0, 0.05) is 25.2 Å². The third-order valence-electron chi connectivity index (χ3n) is 4.68. The summed E-state index contributed by atoms with van der Waals surface area (Å²) in [6, 6.07) is 5.28. The Morgan fingerprint density at radius 1 is 1.35 bits per heavy atom. The molecule has 26 heavy (non-hydrogen) atoms. The number of aromatic nitrogens is 2. The van der Waals surface area contributed by atoms with E-state index in [1.54, 1.807) is 25.4 Å². The molecule has 1 amide bonds. The molecule has 0 saturated carbocycles. The van der Waals surface area contributed by atoms with Gasteiger partial charge in [0.2, 0.25) is 5.91 Å². The van der Waals surface area contributed by atoms with Gasteiger partial charge in [-0.2, -0.15) is 9.78 Å². The van der Waals surface area contributed by atoms with Gasteiger partial charge in [-0.05, 0) is 37.5 Å². The predicted molar refractivity (Wildman–Crippen MR) is 104 cm³/mol. The maximum atomic E-state index is 12.7. The number of hydrogen-bond donors (Lipinski definition) is 1. The lowest BCUT2D eigenvalue weighted by Crippen LogP contribution is -2.43. The fraction of sp³-hybridized carbons (Fsp3) is 0.389. The van der Waals surface area contributed by atoms with Crippen LogP contribution in [0.5, 0.6) is 0 Å². The number of benzene rings is 1. The normalized spacial score (nSPS) is 17.2. The van der Waals surface area contributed by atoms with Crippen molar-refractivity contribution in [3.8, 4) is 5.69 Å². The highest BCUT2D eigenvalue weighted by molar-refractivity contribution is 6.33. The Bertz CT molecular complexity index is 897. The van der Waals surface area contributed by atoms with Crippen molar-refractivity contribution in [2.45, 2.75) is 19.8 Å². The van der Waals surface area contributed by atoms with Crippen molar-refractivity contribution in [3.63, 3.8) is 0 Å². The van der Waals surface area contributed by atoms with Crippen LogP contribution in [0.4, 0.5) is 5.69 Å². The van der Waals surface area contributed by atoms with Gasteiger partial charge in [-0.25, -0.2) is 0 Å². The largest absolute Gasteiger partial charge is 0.368 e. The molecule has 0 aliphatic carbocycles. The molecule has 6 nitrogen and oxygen atoms in total. The monoisotopic (exact) mass is 394 g/mol. The Hall–Kier alpha value is -2.05. The van der Waals surface area contributed by atoms with Crippen LogP contribution >= 0.6 is 23.2 Å². The van der Waals surface area contributed by atoms with Crippen molar-refractivity contribution in [3.05, 3.63) is 50.4 Å². The standard InChI is InChI=1S/C18H20Cl2N4O2/c1-11-5-6-13(8-14(11)19)24-18(26)16(20)15(9-22-24)23-7-3-4-12(10-23)17(25)21-2/h5-6,8-9,12H,3-4,7,10H2,1-2H3,(H,21,25). The van der Waals surface area contributed by atoms with Gasteiger partial charge < -0.3 is 10.2 Å². The lowest BCUT2D eigenvalue weighted by molar-refractivity contribution is -0.124. The number of rotatable bonds is 3. The molecule has 0 spiro atoms. The smallest absolute Gasteiger partial charge is 0.292 e. The van der Waals surface area contributed by atoms with Crippen LogP contribution < -0.4 is 15.8 Å². The highest BCUT2D eigenvalue weighted by Gasteiger charge is 2.27. The van der Waals surface area contributed by atoms with Crippen LogP contribution in [-0.4, -0.2) is 35.8 Å². The summed E-state index contributed by atoms with van der Waals surface area (Å²) in [6.45, 7) is 3.13. The van der Waals surface area contributed by atoms with Crippen molar-refractivity contribution in [2.75, 3.05) is 25.0 Å². The summed E-state index contributed by atoms with van der Waals surface area (Å²) in [7, 11) is 1.63. The summed E-state index contributed by atoms with van der Waals surface area (Å²) in [5, 5.41) is 7.59. The summed E-state index contributed by atoms with van der Waals surface area (Å²) in [4.78, 5) is 26.6. The number of piperidine rings is 1. The molecule has 1 fully saturated rings. The van der Waals surface area contributed by atoms with Crippen LogP contribution in [-0.2, 0) is 4.79 Å². The molecular weight excluding hydrogens is 375 g/mol. The molecule has 1 aromatic heterocycles. The second-order valence-corrected chi connectivity index (χ2v) is 7.18. The van der Waals surface area contributed by atoms with Gasteiger partial charge in [0.05, 0.1) is 23.5 Å². The molecule has 1 atom stereocenters. The van der Waals surface area contributed by atoms with Gasteiger partial charge in [0.25, 0.3) is 5.56 Å². The highest BCUT2D eigenvalue weighted by Crippen LogP contribution is 2.27. The first-order valence-electron chi connectivity index (χ1n) is 8.43. The zero-order chi connectivity index (χ0) is 18.8. The van der Waals surface area contributed by atoms with E-state index in [4.69, 9.17) is 23.2 Å². The Kier molecular flexibility index (Phi) is 5.53. The summed E-state index contributed by atoms with van der Waals surface area (Å²) < 4.78 is 1.23. The lowest BCUT2D eigenvalue weighted by atomic mass is 9.97. The van der Waals surface area contributed by atoms with Gasteiger partial charge >= 0.3 is 0 Å². The second kappa shape index (κ2) is 7.68. The van der Waals surface area contributed by atoms with Gasteiger partial charge in [-0.1, -0.05) is 29.3 Å². The Labute approximate surface area is 161 Å². The third kappa shape index (κ3) is 3.57. The first kappa shape index (κ1) is 18.7. The van der Waals surface area contributed by atoms with Crippen molar-refractivity contribution in [2.24, 2.45) is 5.92 Å². The molecule has 2 heterocycles. The Morgan fingerprint density at radius 3 is 2.81 bits per heavy atom. The number of nitrogens with zero attached hydrogens (tertiary/aromatic N) is 3. The summed E-state index contributed by atoms with van der Waals surface area (Å²) in [5.41, 5.74) is 1.62. The number of nitrogens with one attached hydrogen (secondary N) is 1. The molecule has 1 N–H and O–H groups in total. The van der Waals surface area contributed by atoms with Crippen molar-refractivity contribution in [1.82, 2.24) is 15.1 Å². The molecule has 1 aromatic carbocycles. The molecule has 1 saturated heterocycles. The average molecular weight is 395 g/mol. The van der Waals surface area contributed by atoms with E-state index in [1.807, 2.05) is 17.9 Å². The van der Waals surface area contributed by atoms with Crippen LogP contribution in [0.15, 0.2) is 29.2 Å². The summed E-state index contributed by atoms with van der Waals surface area (Å²) >= 11 is 12.5. The zero-order valence-corrected chi connectivity index (χ0v) is 16.1. The fourth-order valence-electron chi connectivity index (χ4n) is 3.16. The van der Waals surface area contributed by atoms with E-state index >= 15 is 0 Å². The number of hydrogen-bond acceptors (Lipinski definition) is 4. The fourth-order valence-corrected chi connectivity index (χ4v) is 3.58. The van der Waals surface area contributed by atoms with E-state index < -0.39 is 5.56 Å². The highest BCUT2D eigenvalue weighted by atomic mass is 35.5. The summed E-state index contributed by atoms with van der Waals surface area (Å²) in [6.07, 6.45) is 3.24. The van der Waals surface area contributed by atoms with Gasteiger partial charge in [0.15, 0.2) is 0 Å². The molecule has 1 aliphatic rings. The maximum absolute atomic E-state index is 12.7. The topological polar surface area (TPSA) is 67.2 Å². The minimum absolute atomic E-state index is 0.00132. The Balaban J connectivity index is 1.93. The number of carbonyl (C=O) groups is 1. The molecule has 2 aromatic rings. The zero-order valence-electron chi connectivity index (χ0n) is 14.6. The molecule has 1 unspecified atom stereocenters. The minimum Gasteiger partial charge on any atom is -0.368 e. The number of amides is 1. The number of carbonyl (C=O) groups excluding carboxylic acids is 1. The molecule has 0 radical (unpaired) electrons. The van der Waals surface area contributed by atoms with Crippen molar-refractivity contribution in [1.29, 1.82) is 0 Å². The SMILES string of the molecule is CNC(=O)C1CCCN(c2cnn(-c3ccc(C)c(Cl)c3)c(=O)c2Cl)C1. The third-order valence-corrected chi connectivity index (χ3v) is 5.44. The molecule has 138 valence electrons. The van der Waals surface area contributed by atoms with Crippen LogP contribution in [0.1, 0.15) is 18.4 Å². The van der Waals surface area contributed by atoms with E-state index in [9.17, 15) is 9.59 Å². The second-order valence-electron chi connectivity index (χ2n) is 6.39. The first-order chi connectivity index (χ1) is 12.4. The van der Waals surface area contributed by atoms with Crippen molar-refractivity contribution < 1.29 is 4.79 Å². The quantitative estimate of drug-likeness (QED) is 0.868. The van der Waals surface area contributed by atoms with E-state index in [0.29, 0.717) is 22.9 Å². The van der Waals surface area contributed by atoms with Crippen LogP contribution in [0.25, 0.3) is 5.69 Å². The van der Waals surface area contributed by atoms with Crippen LogP contribution in [0.3, 0.4) is 0 Å². The molecule has 3 rings (SSSR count). The maximum Gasteiger partial charge on any atom is 0.292 e. The van der Waals surface area contributed by atoms with E-state index in [1.165, 1.54) is 4.68 Å². The molecule has 1 aliphatic heterocycles. The lowest BCUT2D eigenvalue weighted by Gasteiger charge is -2.33. The molecule has 0 bridgehead atoms. The Morgan fingerprint density at radius 2 is 2.12 bits per heavy atom. The number of halogens is 2. The average Bonchev–Trinajstić information content (AvgIpc) is 2.65. The minimum atomic E-state index is -0.411. The molecule has 8 heteroatoms. The van der Waals surface area contributed by atoms with Gasteiger partial charge in [0.1, 0.15) is 5.02 Å².